The molecule has 0 radical (unpaired) electrons. The van der Waals surface area contributed by atoms with Gasteiger partial charge in [0, 0.05) is 16.8 Å². The first-order valence-corrected chi connectivity index (χ1v) is 5.08. The van der Waals surface area contributed by atoms with Crippen LogP contribution in [0.4, 0.5) is 4.39 Å². The minimum Gasteiger partial charge on any atom is -0.335 e. The summed E-state index contributed by atoms with van der Waals surface area (Å²) in [6, 6.07) is 10.0. The standard InChI is InChI=1S/C12H8ClFN2/c13-11-4-1-5-12(14)10(11)8-16-6-2-3-9(16)7-15/h1-6H,8H2. The minimum atomic E-state index is -0.356. The Morgan fingerprint density at radius 1 is 1.31 bits per heavy atom. The van der Waals surface area contributed by atoms with E-state index in [1.807, 2.05) is 6.07 Å². The molecule has 0 unspecified atom stereocenters. The third kappa shape index (κ3) is 1.93. The van der Waals surface area contributed by atoms with Gasteiger partial charge in [-0.25, -0.2) is 4.39 Å². The molecular formula is C12H8ClFN2. The van der Waals surface area contributed by atoms with Crippen LogP contribution in [0.1, 0.15) is 11.3 Å². The highest BCUT2D eigenvalue weighted by atomic mass is 35.5. The SMILES string of the molecule is N#Cc1cccn1Cc1c(F)cccc1Cl. The second-order valence-corrected chi connectivity index (χ2v) is 3.74. The number of halogens is 2. The molecule has 0 saturated heterocycles. The maximum absolute atomic E-state index is 13.5. The van der Waals surface area contributed by atoms with Gasteiger partial charge in [-0.15, -0.1) is 0 Å². The van der Waals surface area contributed by atoms with Crippen molar-refractivity contribution in [1.82, 2.24) is 4.57 Å². The van der Waals surface area contributed by atoms with Crippen LogP contribution >= 0.6 is 11.6 Å². The molecule has 0 fully saturated rings. The van der Waals surface area contributed by atoms with Crippen molar-refractivity contribution < 1.29 is 4.39 Å². The van der Waals surface area contributed by atoms with E-state index in [4.69, 9.17) is 16.9 Å². The van der Waals surface area contributed by atoms with E-state index in [0.29, 0.717) is 16.3 Å². The molecule has 80 valence electrons. The lowest BCUT2D eigenvalue weighted by atomic mass is 10.2. The van der Waals surface area contributed by atoms with Crippen LogP contribution < -0.4 is 0 Å². The van der Waals surface area contributed by atoms with Gasteiger partial charge in [0.25, 0.3) is 0 Å². The molecule has 1 aromatic carbocycles. The number of aromatic nitrogens is 1. The fourth-order valence-corrected chi connectivity index (χ4v) is 1.73. The Bertz CT molecular complexity index is 534. The molecule has 1 heterocycles. The maximum atomic E-state index is 13.5. The van der Waals surface area contributed by atoms with Gasteiger partial charge in [-0.3, -0.25) is 0 Å². The Labute approximate surface area is 97.5 Å². The molecular weight excluding hydrogens is 227 g/mol. The van der Waals surface area contributed by atoms with Crippen LogP contribution in [0, 0.1) is 17.1 Å². The number of benzene rings is 1. The van der Waals surface area contributed by atoms with E-state index >= 15 is 0 Å². The van der Waals surface area contributed by atoms with Gasteiger partial charge in [0.1, 0.15) is 17.6 Å². The molecule has 0 aliphatic rings. The Hall–Kier alpha value is -1.79. The zero-order chi connectivity index (χ0) is 11.5. The number of hydrogen-bond donors (Lipinski definition) is 0. The van der Waals surface area contributed by atoms with Gasteiger partial charge < -0.3 is 4.57 Å². The summed E-state index contributed by atoms with van der Waals surface area (Å²) in [5, 5.41) is 9.20. The first-order chi connectivity index (χ1) is 7.72. The summed E-state index contributed by atoms with van der Waals surface area (Å²) in [4.78, 5) is 0. The molecule has 0 N–H and O–H groups in total. The predicted molar refractivity (Wildman–Crippen MR) is 59.7 cm³/mol. The van der Waals surface area contributed by atoms with Crippen LogP contribution in [-0.2, 0) is 6.54 Å². The van der Waals surface area contributed by atoms with Crippen molar-refractivity contribution in [1.29, 1.82) is 5.26 Å². The first-order valence-electron chi connectivity index (χ1n) is 4.70. The van der Waals surface area contributed by atoms with Gasteiger partial charge in [-0.05, 0) is 24.3 Å². The fraction of sp³-hybridized carbons (Fsp3) is 0.0833. The van der Waals surface area contributed by atoms with Crippen molar-refractivity contribution >= 4 is 11.6 Å². The van der Waals surface area contributed by atoms with Crippen molar-refractivity contribution in [3.05, 3.63) is 58.6 Å². The second kappa shape index (κ2) is 4.38. The van der Waals surface area contributed by atoms with Crippen molar-refractivity contribution in [3.63, 3.8) is 0 Å². The Kier molecular flexibility index (Phi) is 2.93. The molecule has 1 aromatic heterocycles. The molecule has 0 spiro atoms. The van der Waals surface area contributed by atoms with E-state index in [-0.39, 0.29) is 12.4 Å². The Morgan fingerprint density at radius 3 is 2.81 bits per heavy atom. The van der Waals surface area contributed by atoms with Crippen LogP contribution in [0.5, 0.6) is 0 Å². The van der Waals surface area contributed by atoms with Crippen LogP contribution in [-0.4, -0.2) is 4.57 Å². The van der Waals surface area contributed by atoms with Gasteiger partial charge in [0.2, 0.25) is 0 Å². The second-order valence-electron chi connectivity index (χ2n) is 3.33. The average molecular weight is 235 g/mol. The summed E-state index contributed by atoms with van der Waals surface area (Å²) in [6.45, 7) is 0.265. The molecule has 0 saturated carbocycles. The predicted octanol–water partition coefficient (Wildman–Crippen LogP) is 3.20. The molecule has 0 bridgehead atoms. The molecule has 16 heavy (non-hydrogen) atoms. The smallest absolute Gasteiger partial charge is 0.129 e. The summed E-state index contributed by atoms with van der Waals surface area (Å²) in [6.07, 6.45) is 1.72. The molecule has 0 aliphatic heterocycles. The molecule has 2 nitrogen and oxygen atoms in total. The largest absolute Gasteiger partial charge is 0.335 e. The molecule has 0 atom stereocenters. The van der Waals surface area contributed by atoms with Gasteiger partial charge in [0.15, 0.2) is 0 Å². The highest BCUT2D eigenvalue weighted by Crippen LogP contribution is 2.20. The maximum Gasteiger partial charge on any atom is 0.129 e. The number of rotatable bonds is 2. The monoisotopic (exact) mass is 234 g/mol. The quantitative estimate of drug-likeness (QED) is 0.785. The molecule has 4 heteroatoms. The van der Waals surface area contributed by atoms with E-state index in [1.165, 1.54) is 6.07 Å². The van der Waals surface area contributed by atoms with E-state index in [9.17, 15) is 4.39 Å². The molecule has 2 rings (SSSR count). The van der Waals surface area contributed by atoms with Gasteiger partial charge in [0.05, 0.1) is 6.54 Å². The lowest BCUT2D eigenvalue weighted by Gasteiger charge is -2.07. The van der Waals surface area contributed by atoms with E-state index in [2.05, 4.69) is 0 Å². The van der Waals surface area contributed by atoms with Crippen molar-refractivity contribution in [2.75, 3.05) is 0 Å². The Balaban J connectivity index is 2.38. The Morgan fingerprint density at radius 2 is 2.12 bits per heavy atom. The summed E-state index contributed by atoms with van der Waals surface area (Å²) in [5.74, 6) is -0.356. The number of nitriles is 1. The van der Waals surface area contributed by atoms with Crippen molar-refractivity contribution in [2.24, 2.45) is 0 Å². The highest BCUT2D eigenvalue weighted by molar-refractivity contribution is 6.31. The highest BCUT2D eigenvalue weighted by Gasteiger charge is 2.08. The topological polar surface area (TPSA) is 28.7 Å². The van der Waals surface area contributed by atoms with E-state index in [1.54, 1.807) is 35.0 Å². The summed E-state index contributed by atoms with van der Waals surface area (Å²) in [5.41, 5.74) is 0.885. The first kappa shape index (κ1) is 10.7. The third-order valence-electron chi connectivity index (χ3n) is 2.33. The average Bonchev–Trinajstić information content (AvgIpc) is 2.71. The van der Waals surface area contributed by atoms with Crippen molar-refractivity contribution in [2.45, 2.75) is 6.54 Å². The fourth-order valence-electron chi connectivity index (χ4n) is 1.51. The minimum absolute atomic E-state index is 0.265. The van der Waals surface area contributed by atoms with Gasteiger partial charge in [-0.1, -0.05) is 17.7 Å². The lowest BCUT2D eigenvalue weighted by molar-refractivity contribution is 0.599. The summed E-state index contributed by atoms with van der Waals surface area (Å²) >= 11 is 5.91. The third-order valence-corrected chi connectivity index (χ3v) is 2.69. The summed E-state index contributed by atoms with van der Waals surface area (Å²) < 4.78 is 15.2. The number of hydrogen-bond acceptors (Lipinski definition) is 1. The molecule has 0 aliphatic carbocycles. The zero-order valence-electron chi connectivity index (χ0n) is 8.32. The summed E-state index contributed by atoms with van der Waals surface area (Å²) in [7, 11) is 0. The van der Waals surface area contributed by atoms with Crippen LogP contribution in [0.25, 0.3) is 0 Å². The van der Waals surface area contributed by atoms with E-state index in [0.717, 1.165) is 0 Å². The number of nitrogens with zero attached hydrogens (tertiary/aromatic N) is 2. The van der Waals surface area contributed by atoms with Gasteiger partial charge >= 0.3 is 0 Å². The molecule has 2 aromatic rings. The normalized spacial score (nSPS) is 10.1. The van der Waals surface area contributed by atoms with Crippen LogP contribution in [0.3, 0.4) is 0 Å². The van der Waals surface area contributed by atoms with E-state index < -0.39 is 0 Å². The molecule has 0 amide bonds. The van der Waals surface area contributed by atoms with Crippen LogP contribution in [0.15, 0.2) is 36.5 Å². The lowest BCUT2D eigenvalue weighted by Crippen LogP contribution is -2.03. The van der Waals surface area contributed by atoms with Crippen LogP contribution in [0.2, 0.25) is 5.02 Å². The van der Waals surface area contributed by atoms with Gasteiger partial charge in [-0.2, -0.15) is 5.26 Å². The zero-order valence-corrected chi connectivity index (χ0v) is 9.08. The van der Waals surface area contributed by atoms with Crippen molar-refractivity contribution in [3.8, 4) is 6.07 Å².